The molecule has 0 aliphatic rings. The highest BCUT2D eigenvalue weighted by atomic mass is 16.5. The molecular formula is C37H42N2O4. The minimum absolute atomic E-state index is 0.111. The Kier molecular flexibility index (Phi) is 11.4. The van der Waals surface area contributed by atoms with Crippen molar-refractivity contribution in [1.82, 2.24) is 0 Å². The molecule has 1 unspecified atom stereocenters. The number of ether oxygens (including phenoxy) is 2. The molecule has 0 amide bonds. The molecule has 0 aromatic heterocycles. The van der Waals surface area contributed by atoms with Gasteiger partial charge in [0.25, 0.3) is 0 Å². The van der Waals surface area contributed by atoms with Crippen LogP contribution < -0.4 is 15.0 Å². The number of carbonyl (C=O) groups is 2. The van der Waals surface area contributed by atoms with Gasteiger partial charge in [0.2, 0.25) is 0 Å². The summed E-state index contributed by atoms with van der Waals surface area (Å²) >= 11 is 0. The Morgan fingerprint density at radius 2 is 1.51 bits per heavy atom. The number of anilines is 2. The molecule has 4 rings (SSSR count). The average Bonchev–Trinajstić information content (AvgIpc) is 3.03. The van der Waals surface area contributed by atoms with Crippen molar-refractivity contribution in [3.8, 4) is 5.75 Å². The first-order chi connectivity index (χ1) is 20.9. The Bertz CT molecular complexity index is 1470. The maximum absolute atomic E-state index is 13.2. The van der Waals surface area contributed by atoms with E-state index in [1.54, 1.807) is 18.2 Å². The molecular weight excluding hydrogens is 536 g/mol. The molecule has 43 heavy (non-hydrogen) atoms. The molecule has 1 N–H and O–H groups in total. The van der Waals surface area contributed by atoms with Gasteiger partial charge in [-0.2, -0.15) is 0 Å². The third-order valence-electron chi connectivity index (χ3n) is 7.27. The molecule has 4 aromatic rings. The number of nitrogens with one attached hydrogen (secondary N) is 1. The summed E-state index contributed by atoms with van der Waals surface area (Å²) < 4.78 is 11.2. The second-order valence-electron chi connectivity index (χ2n) is 11.1. The highest BCUT2D eigenvalue weighted by molar-refractivity contribution is 6.12. The summed E-state index contributed by atoms with van der Waals surface area (Å²) in [6.45, 7) is 9.17. The lowest BCUT2D eigenvalue weighted by Crippen LogP contribution is -2.33. The first kappa shape index (κ1) is 31.4. The van der Waals surface area contributed by atoms with Crippen molar-refractivity contribution in [2.24, 2.45) is 5.92 Å². The van der Waals surface area contributed by atoms with Crippen LogP contribution in [0, 0.1) is 12.8 Å². The molecule has 0 fully saturated rings. The summed E-state index contributed by atoms with van der Waals surface area (Å²) in [5, 5.41) is 3.26. The summed E-state index contributed by atoms with van der Waals surface area (Å²) in [7, 11) is 1.37. The molecule has 0 aliphatic carbocycles. The zero-order valence-electron chi connectivity index (χ0n) is 25.6. The molecule has 0 radical (unpaired) electrons. The molecule has 0 spiro atoms. The molecule has 4 aromatic carbocycles. The smallest absolute Gasteiger partial charge is 0.328 e. The molecule has 6 heteroatoms. The first-order valence-electron chi connectivity index (χ1n) is 14.9. The van der Waals surface area contributed by atoms with E-state index in [2.05, 4.69) is 55.3 Å². The summed E-state index contributed by atoms with van der Waals surface area (Å²) in [5.41, 5.74) is 5.19. The van der Waals surface area contributed by atoms with Gasteiger partial charge >= 0.3 is 5.97 Å². The van der Waals surface area contributed by atoms with Gasteiger partial charge in [-0.1, -0.05) is 86.6 Å². The van der Waals surface area contributed by atoms with Gasteiger partial charge in [-0.15, -0.1) is 0 Å². The van der Waals surface area contributed by atoms with Gasteiger partial charge in [0.15, 0.2) is 5.78 Å². The van der Waals surface area contributed by atoms with Gasteiger partial charge in [0.1, 0.15) is 11.8 Å². The number of para-hydroxylation sites is 2. The van der Waals surface area contributed by atoms with Gasteiger partial charge in [-0.05, 0) is 60.7 Å². The minimum atomic E-state index is -0.671. The van der Waals surface area contributed by atoms with Gasteiger partial charge in [-0.25, -0.2) is 4.79 Å². The second-order valence-corrected chi connectivity index (χ2v) is 11.1. The maximum atomic E-state index is 13.2. The van der Waals surface area contributed by atoms with Gasteiger partial charge in [0, 0.05) is 42.0 Å². The molecule has 0 bridgehead atoms. The van der Waals surface area contributed by atoms with Crippen molar-refractivity contribution in [3.63, 3.8) is 0 Å². The minimum Gasteiger partial charge on any atom is -0.494 e. The third-order valence-corrected chi connectivity index (χ3v) is 7.27. The van der Waals surface area contributed by atoms with Crippen LogP contribution in [0.2, 0.25) is 0 Å². The van der Waals surface area contributed by atoms with E-state index in [0.717, 1.165) is 30.8 Å². The van der Waals surface area contributed by atoms with Crippen molar-refractivity contribution in [2.75, 3.05) is 37.0 Å². The zero-order valence-corrected chi connectivity index (χ0v) is 25.6. The third kappa shape index (κ3) is 8.95. The van der Waals surface area contributed by atoms with Crippen molar-refractivity contribution in [1.29, 1.82) is 0 Å². The predicted octanol–water partition coefficient (Wildman–Crippen LogP) is 7.35. The van der Waals surface area contributed by atoms with Crippen LogP contribution >= 0.6 is 0 Å². The number of aryl methyl sites for hydroxylation is 1. The topological polar surface area (TPSA) is 67.9 Å². The Balaban J connectivity index is 1.36. The lowest BCUT2D eigenvalue weighted by molar-refractivity contribution is -0.141. The SMILES string of the molecule is COC(=O)C(Cc1ccc(OCCCN(CC(C)C)c2ccccc2C)cc1)Nc1ccccc1C(=O)c1ccccc1. The number of hydrogen-bond acceptors (Lipinski definition) is 6. The Labute approximate surface area is 255 Å². The standard InChI is InChI=1S/C37H42N2O4/c1-27(2)26-39(35-18-11-8-13-28(35)3)23-12-24-43-31-21-19-29(20-22-31)25-34(37(41)42-4)38-33-17-10-9-16-32(33)36(40)30-14-6-5-7-15-30/h5-11,13-22,27,34,38H,12,23-26H2,1-4H3. The molecule has 0 aliphatic heterocycles. The van der Waals surface area contributed by atoms with Crippen LogP contribution in [0.4, 0.5) is 11.4 Å². The van der Waals surface area contributed by atoms with E-state index >= 15 is 0 Å². The summed E-state index contributed by atoms with van der Waals surface area (Å²) in [4.78, 5) is 28.4. The summed E-state index contributed by atoms with van der Waals surface area (Å²) in [5.74, 6) is 0.840. The molecule has 0 heterocycles. The number of ketones is 1. The van der Waals surface area contributed by atoms with E-state index in [9.17, 15) is 9.59 Å². The van der Waals surface area contributed by atoms with Crippen molar-refractivity contribution in [2.45, 2.75) is 39.7 Å². The van der Waals surface area contributed by atoms with Crippen molar-refractivity contribution >= 4 is 23.1 Å². The van der Waals surface area contributed by atoms with Gasteiger partial charge in [-0.3, -0.25) is 4.79 Å². The van der Waals surface area contributed by atoms with Crippen LogP contribution in [0.1, 0.15) is 47.3 Å². The van der Waals surface area contributed by atoms with Crippen LogP contribution in [-0.2, 0) is 16.0 Å². The fourth-order valence-electron chi connectivity index (χ4n) is 5.15. The number of carbonyl (C=O) groups excluding carboxylic acids is 2. The van der Waals surface area contributed by atoms with Crippen LogP contribution in [0.5, 0.6) is 5.75 Å². The summed E-state index contributed by atoms with van der Waals surface area (Å²) in [6.07, 6.45) is 1.29. The monoisotopic (exact) mass is 578 g/mol. The fourth-order valence-corrected chi connectivity index (χ4v) is 5.15. The number of methoxy groups -OCH3 is 1. The molecule has 6 nitrogen and oxygen atoms in total. The largest absolute Gasteiger partial charge is 0.494 e. The quantitative estimate of drug-likeness (QED) is 0.0904. The molecule has 0 saturated heterocycles. The van der Waals surface area contributed by atoms with Crippen LogP contribution in [0.25, 0.3) is 0 Å². The Morgan fingerprint density at radius 1 is 0.837 bits per heavy atom. The van der Waals surface area contributed by atoms with E-state index in [-0.39, 0.29) is 5.78 Å². The first-order valence-corrected chi connectivity index (χ1v) is 14.9. The highest BCUT2D eigenvalue weighted by Crippen LogP contribution is 2.23. The van der Waals surface area contributed by atoms with E-state index in [1.807, 2.05) is 60.7 Å². The highest BCUT2D eigenvalue weighted by Gasteiger charge is 2.22. The lowest BCUT2D eigenvalue weighted by atomic mass is 10.00. The number of rotatable bonds is 15. The maximum Gasteiger partial charge on any atom is 0.328 e. The molecule has 0 saturated carbocycles. The second kappa shape index (κ2) is 15.6. The van der Waals surface area contributed by atoms with Gasteiger partial charge in [0.05, 0.1) is 13.7 Å². The number of benzene rings is 4. The zero-order chi connectivity index (χ0) is 30.6. The normalized spacial score (nSPS) is 11.6. The van der Waals surface area contributed by atoms with Crippen LogP contribution in [0.15, 0.2) is 103 Å². The predicted molar refractivity (Wildman–Crippen MR) is 174 cm³/mol. The van der Waals surface area contributed by atoms with E-state index in [4.69, 9.17) is 9.47 Å². The van der Waals surface area contributed by atoms with Crippen molar-refractivity contribution < 1.29 is 19.1 Å². The number of hydrogen-bond donors (Lipinski definition) is 1. The van der Waals surface area contributed by atoms with E-state index in [1.165, 1.54) is 18.4 Å². The Hall–Kier alpha value is -4.58. The van der Waals surface area contributed by atoms with Crippen molar-refractivity contribution in [3.05, 3.63) is 125 Å². The molecule has 1 atom stereocenters. The molecule has 224 valence electrons. The van der Waals surface area contributed by atoms with Crippen LogP contribution in [-0.4, -0.2) is 44.6 Å². The summed E-state index contributed by atoms with van der Waals surface area (Å²) in [6, 6.07) is 32.0. The van der Waals surface area contributed by atoms with Gasteiger partial charge < -0.3 is 19.7 Å². The number of esters is 1. The van der Waals surface area contributed by atoms with Crippen LogP contribution in [0.3, 0.4) is 0 Å². The fraction of sp³-hybridized carbons (Fsp3) is 0.297. The van der Waals surface area contributed by atoms with E-state index < -0.39 is 12.0 Å². The average molecular weight is 579 g/mol. The Morgan fingerprint density at radius 3 is 2.21 bits per heavy atom. The van der Waals surface area contributed by atoms with E-state index in [0.29, 0.717) is 35.8 Å². The number of nitrogens with zero attached hydrogens (tertiary/aromatic N) is 1. The lowest BCUT2D eigenvalue weighted by Gasteiger charge is -2.28.